The van der Waals surface area contributed by atoms with Crippen molar-refractivity contribution in [3.63, 3.8) is 0 Å². The second kappa shape index (κ2) is 7.61. The number of hydrogen-bond donors (Lipinski definition) is 1. The molecule has 3 heteroatoms. The average Bonchev–Trinajstić information content (AvgIpc) is 3.00. The van der Waals surface area contributed by atoms with E-state index in [0.29, 0.717) is 16.7 Å². The van der Waals surface area contributed by atoms with E-state index in [1.54, 1.807) is 6.08 Å². The molecular formula is C25H39NO2. The molecule has 1 unspecified atom stereocenters. The highest BCUT2D eigenvalue weighted by Gasteiger charge is 2.59. The lowest BCUT2D eigenvalue weighted by Gasteiger charge is -2.60. The summed E-state index contributed by atoms with van der Waals surface area (Å²) in [5, 5.41) is 0. The first kappa shape index (κ1) is 20.2. The fourth-order valence-corrected chi connectivity index (χ4v) is 8.21. The van der Waals surface area contributed by atoms with Crippen LogP contribution >= 0.6 is 0 Å². The molecule has 1 amide bonds. The maximum absolute atomic E-state index is 12.1. The van der Waals surface area contributed by atoms with E-state index in [9.17, 15) is 9.59 Å². The summed E-state index contributed by atoms with van der Waals surface area (Å²) in [6, 6.07) is 0. The van der Waals surface area contributed by atoms with Crippen molar-refractivity contribution in [2.45, 2.75) is 90.9 Å². The van der Waals surface area contributed by atoms with Crippen LogP contribution in [0.1, 0.15) is 90.9 Å². The Kier molecular flexibility index (Phi) is 5.48. The number of primary amides is 1. The third-order valence-corrected chi connectivity index (χ3v) is 9.79. The molecule has 0 bridgehead atoms. The van der Waals surface area contributed by atoms with Gasteiger partial charge >= 0.3 is 0 Å². The molecular weight excluding hydrogens is 346 g/mol. The summed E-state index contributed by atoms with van der Waals surface area (Å²) in [4.78, 5) is 23.0. The van der Waals surface area contributed by atoms with Crippen LogP contribution in [-0.4, -0.2) is 11.7 Å². The summed E-state index contributed by atoms with van der Waals surface area (Å²) in [6.45, 7) is 5.15. The maximum atomic E-state index is 12.1. The zero-order chi connectivity index (χ0) is 19.9. The molecule has 0 heterocycles. The van der Waals surface area contributed by atoms with Crippen molar-refractivity contribution < 1.29 is 9.59 Å². The Hall–Kier alpha value is -1.12. The van der Waals surface area contributed by atoms with Gasteiger partial charge < -0.3 is 5.73 Å². The molecule has 0 aromatic carbocycles. The Labute approximate surface area is 170 Å². The molecule has 4 aliphatic carbocycles. The van der Waals surface area contributed by atoms with Crippen molar-refractivity contribution in [1.82, 2.24) is 0 Å². The van der Waals surface area contributed by atoms with Crippen molar-refractivity contribution in [1.29, 1.82) is 0 Å². The second-order valence-corrected chi connectivity index (χ2v) is 10.9. The van der Waals surface area contributed by atoms with Gasteiger partial charge in [0, 0.05) is 12.8 Å². The summed E-state index contributed by atoms with van der Waals surface area (Å²) in [5.41, 5.74) is 6.13. The van der Waals surface area contributed by atoms with E-state index in [0.717, 1.165) is 23.7 Å². The van der Waals surface area contributed by atoms with Crippen LogP contribution in [0, 0.1) is 40.4 Å². The van der Waals surface area contributed by atoms with E-state index in [1.165, 1.54) is 64.2 Å². The molecule has 4 saturated carbocycles. The summed E-state index contributed by atoms with van der Waals surface area (Å²) in [6.07, 6.45) is 18.4. The van der Waals surface area contributed by atoms with Gasteiger partial charge in [-0.1, -0.05) is 32.8 Å². The minimum Gasteiger partial charge on any atom is -0.370 e. The number of hydrogen-bond acceptors (Lipinski definition) is 2. The van der Waals surface area contributed by atoms with Gasteiger partial charge in [-0.2, -0.15) is 0 Å². The standard InChI is InChI=1S/C25H39NO2/c1-24-15-4-3-5-17(24)7-11-20-21-12-8-18(25(21,2)16-14-22(20)24)6-9-19(27)10-13-23(26)28/h6,9,17-18,20-22H,3-5,7-8,10-16H2,1-2H3,(H2,26,28)/t17?,18-,20-,21-,22-,24-,25+/m0/s1. The zero-order valence-electron chi connectivity index (χ0n) is 17.9. The molecule has 3 nitrogen and oxygen atoms in total. The van der Waals surface area contributed by atoms with Crippen molar-refractivity contribution in [3.8, 4) is 0 Å². The highest BCUT2D eigenvalue weighted by Crippen LogP contribution is 2.67. The molecule has 0 saturated heterocycles. The number of carbonyl (C=O) groups is 2. The Morgan fingerprint density at radius 1 is 0.893 bits per heavy atom. The van der Waals surface area contributed by atoms with E-state index >= 15 is 0 Å². The van der Waals surface area contributed by atoms with Crippen molar-refractivity contribution in [2.24, 2.45) is 46.2 Å². The summed E-state index contributed by atoms with van der Waals surface area (Å²) < 4.78 is 0. The van der Waals surface area contributed by atoms with E-state index in [1.807, 2.05) is 0 Å². The molecule has 28 heavy (non-hydrogen) atoms. The van der Waals surface area contributed by atoms with Crippen LogP contribution in [0.5, 0.6) is 0 Å². The monoisotopic (exact) mass is 385 g/mol. The predicted octanol–water partition coefficient (Wildman–Crippen LogP) is 5.43. The molecule has 0 radical (unpaired) electrons. The third-order valence-electron chi connectivity index (χ3n) is 9.79. The van der Waals surface area contributed by atoms with Crippen LogP contribution in [0.4, 0.5) is 0 Å². The molecule has 0 aliphatic heterocycles. The quantitative estimate of drug-likeness (QED) is 0.642. The molecule has 4 aliphatic rings. The maximum Gasteiger partial charge on any atom is 0.217 e. The fourth-order valence-electron chi connectivity index (χ4n) is 8.21. The van der Waals surface area contributed by atoms with Crippen LogP contribution in [-0.2, 0) is 9.59 Å². The summed E-state index contributed by atoms with van der Waals surface area (Å²) >= 11 is 0. The van der Waals surface area contributed by atoms with Gasteiger partial charge in [-0.25, -0.2) is 0 Å². The van der Waals surface area contributed by atoms with Crippen LogP contribution in [0.25, 0.3) is 0 Å². The van der Waals surface area contributed by atoms with Crippen molar-refractivity contribution >= 4 is 11.7 Å². The first-order valence-electron chi connectivity index (χ1n) is 11.8. The zero-order valence-corrected chi connectivity index (χ0v) is 17.9. The SMILES string of the molecule is C[C@]12CC[C@H]3[C@@H](CCC4CCCC[C@@]43C)[C@@H]1CC[C@@H]2C=CC(=O)CCC(N)=O. The average molecular weight is 386 g/mol. The largest absolute Gasteiger partial charge is 0.370 e. The normalized spacial score (nSPS) is 45.3. The van der Waals surface area contributed by atoms with Crippen molar-refractivity contribution in [2.75, 3.05) is 0 Å². The smallest absolute Gasteiger partial charge is 0.217 e. The van der Waals surface area contributed by atoms with Crippen molar-refractivity contribution in [3.05, 3.63) is 12.2 Å². The van der Waals surface area contributed by atoms with Crippen LogP contribution in [0.15, 0.2) is 12.2 Å². The predicted molar refractivity (Wildman–Crippen MR) is 112 cm³/mol. The Bertz CT molecular complexity index is 655. The highest BCUT2D eigenvalue weighted by molar-refractivity contribution is 5.92. The molecule has 2 N–H and O–H groups in total. The summed E-state index contributed by atoms with van der Waals surface area (Å²) in [5.74, 6) is 3.84. The third kappa shape index (κ3) is 3.37. The van der Waals surface area contributed by atoms with Gasteiger partial charge in [-0.15, -0.1) is 0 Å². The van der Waals surface area contributed by atoms with E-state index < -0.39 is 0 Å². The van der Waals surface area contributed by atoms with Gasteiger partial charge in [-0.05, 0) is 97.9 Å². The van der Waals surface area contributed by atoms with E-state index in [4.69, 9.17) is 5.73 Å². The molecule has 0 spiro atoms. The minimum atomic E-state index is -0.389. The number of rotatable bonds is 5. The molecule has 4 fully saturated rings. The lowest BCUT2D eigenvalue weighted by Crippen LogP contribution is -2.52. The van der Waals surface area contributed by atoms with Gasteiger partial charge in [0.25, 0.3) is 0 Å². The lowest BCUT2D eigenvalue weighted by atomic mass is 9.45. The van der Waals surface area contributed by atoms with E-state index in [-0.39, 0.29) is 24.5 Å². The van der Waals surface area contributed by atoms with Crippen LogP contribution < -0.4 is 5.73 Å². The summed E-state index contributed by atoms with van der Waals surface area (Å²) in [7, 11) is 0. The molecule has 0 aromatic heterocycles. The number of allylic oxidation sites excluding steroid dienone is 2. The van der Waals surface area contributed by atoms with Gasteiger partial charge in [0.1, 0.15) is 0 Å². The van der Waals surface area contributed by atoms with Gasteiger partial charge in [-0.3, -0.25) is 9.59 Å². The van der Waals surface area contributed by atoms with Gasteiger partial charge in [0.2, 0.25) is 5.91 Å². The first-order chi connectivity index (χ1) is 13.3. The Morgan fingerprint density at radius 2 is 1.68 bits per heavy atom. The topological polar surface area (TPSA) is 60.2 Å². The first-order valence-corrected chi connectivity index (χ1v) is 11.8. The van der Waals surface area contributed by atoms with Gasteiger partial charge in [0.15, 0.2) is 5.78 Å². The molecule has 0 aromatic rings. The fraction of sp³-hybridized carbons (Fsp3) is 0.840. The number of fused-ring (bicyclic) bond motifs is 5. The lowest BCUT2D eigenvalue weighted by molar-refractivity contribution is -0.121. The van der Waals surface area contributed by atoms with E-state index in [2.05, 4.69) is 19.9 Å². The molecule has 4 rings (SSSR count). The number of carbonyl (C=O) groups excluding carboxylic acids is 2. The molecule has 156 valence electrons. The number of amides is 1. The Morgan fingerprint density at radius 3 is 2.46 bits per heavy atom. The minimum absolute atomic E-state index is 0.0507. The number of nitrogens with two attached hydrogens (primary N) is 1. The Balaban J connectivity index is 1.46. The van der Waals surface area contributed by atoms with Crippen LogP contribution in [0.3, 0.4) is 0 Å². The van der Waals surface area contributed by atoms with Crippen LogP contribution in [0.2, 0.25) is 0 Å². The molecule has 7 atom stereocenters. The van der Waals surface area contributed by atoms with Gasteiger partial charge in [0.05, 0.1) is 0 Å². The number of ketones is 1. The second-order valence-electron chi connectivity index (χ2n) is 10.9. The highest BCUT2D eigenvalue weighted by atomic mass is 16.1.